The fourth-order valence-electron chi connectivity index (χ4n) is 3.20. The molecule has 0 fully saturated rings. The largest absolute Gasteiger partial charge is 0.507 e. The summed E-state index contributed by atoms with van der Waals surface area (Å²) in [6.45, 7) is 9.99. The van der Waals surface area contributed by atoms with Crippen LogP contribution in [0.1, 0.15) is 36.1 Å². The third kappa shape index (κ3) is 4.19. The zero-order valence-electron chi connectivity index (χ0n) is 16.7. The Bertz CT molecular complexity index is 947. The van der Waals surface area contributed by atoms with Gasteiger partial charge in [-0.25, -0.2) is 0 Å². The highest BCUT2D eigenvalue weighted by atomic mass is 16.4. The summed E-state index contributed by atoms with van der Waals surface area (Å²) < 4.78 is 5.97. The molecule has 0 aliphatic rings. The van der Waals surface area contributed by atoms with Gasteiger partial charge in [-0.3, -0.25) is 0 Å². The highest BCUT2D eigenvalue weighted by molar-refractivity contribution is 5.62. The van der Waals surface area contributed by atoms with Crippen molar-refractivity contribution in [1.82, 2.24) is 15.1 Å². The number of benzene rings is 2. The summed E-state index contributed by atoms with van der Waals surface area (Å²) in [6.07, 6.45) is 0.744. The molecule has 0 atom stereocenters. The summed E-state index contributed by atoms with van der Waals surface area (Å²) in [7, 11) is 2.10. The standard InChI is InChI=1S/C22H27N3O2/c1-6-17-12-19(10-15(4)20(17)26)22-24-23-21(27-22)18-9-14(3)8-16(11-18)13-25(5)7-2/h8-12,26H,6-7,13H2,1-5H3. The van der Waals surface area contributed by atoms with E-state index in [0.717, 1.165) is 41.8 Å². The topological polar surface area (TPSA) is 62.4 Å². The van der Waals surface area contributed by atoms with Gasteiger partial charge in [-0.2, -0.15) is 0 Å². The van der Waals surface area contributed by atoms with Gasteiger partial charge in [0.05, 0.1) is 0 Å². The third-order valence-electron chi connectivity index (χ3n) is 4.81. The van der Waals surface area contributed by atoms with Gasteiger partial charge in [-0.15, -0.1) is 10.2 Å². The Kier molecular flexibility index (Phi) is 5.61. The molecule has 3 rings (SSSR count). The molecule has 0 radical (unpaired) electrons. The zero-order valence-corrected chi connectivity index (χ0v) is 16.7. The number of hydrogen-bond donors (Lipinski definition) is 1. The molecule has 0 amide bonds. The van der Waals surface area contributed by atoms with Gasteiger partial charge in [0.15, 0.2) is 0 Å². The van der Waals surface area contributed by atoms with Crippen LogP contribution in [-0.2, 0) is 13.0 Å². The molecular formula is C22H27N3O2. The Morgan fingerprint density at radius 2 is 1.63 bits per heavy atom. The van der Waals surface area contributed by atoms with Gasteiger partial charge in [-0.05, 0) is 74.8 Å². The second kappa shape index (κ2) is 7.92. The number of rotatable bonds is 6. The fourth-order valence-corrected chi connectivity index (χ4v) is 3.20. The zero-order chi connectivity index (χ0) is 19.6. The molecule has 27 heavy (non-hydrogen) atoms. The minimum absolute atomic E-state index is 0.337. The molecular weight excluding hydrogens is 338 g/mol. The molecule has 0 aliphatic carbocycles. The van der Waals surface area contributed by atoms with Crippen LogP contribution >= 0.6 is 0 Å². The molecule has 0 unspecified atom stereocenters. The van der Waals surface area contributed by atoms with Crippen LogP contribution in [-0.4, -0.2) is 33.8 Å². The van der Waals surface area contributed by atoms with E-state index in [0.29, 0.717) is 17.5 Å². The molecule has 1 heterocycles. The summed E-state index contributed by atoms with van der Waals surface area (Å²) in [5.41, 5.74) is 5.84. The van der Waals surface area contributed by atoms with Crippen molar-refractivity contribution in [2.45, 2.75) is 40.7 Å². The molecule has 2 aromatic carbocycles. The molecule has 1 aromatic heterocycles. The number of aromatic hydroxyl groups is 1. The summed E-state index contributed by atoms with van der Waals surface area (Å²) in [4.78, 5) is 2.25. The predicted molar refractivity (Wildman–Crippen MR) is 108 cm³/mol. The smallest absolute Gasteiger partial charge is 0.248 e. The van der Waals surface area contributed by atoms with Gasteiger partial charge in [0, 0.05) is 17.7 Å². The second-order valence-electron chi connectivity index (χ2n) is 7.10. The number of aryl methyl sites for hydroxylation is 3. The highest BCUT2D eigenvalue weighted by Crippen LogP contribution is 2.31. The summed E-state index contributed by atoms with van der Waals surface area (Å²) in [5, 5.41) is 18.6. The van der Waals surface area contributed by atoms with E-state index in [1.807, 2.05) is 26.0 Å². The van der Waals surface area contributed by atoms with Gasteiger partial charge < -0.3 is 14.4 Å². The lowest BCUT2D eigenvalue weighted by atomic mass is 10.0. The Morgan fingerprint density at radius 1 is 0.963 bits per heavy atom. The summed E-state index contributed by atoms with van der Waals surface area (Å²) in [5.74, 6) is 1.32. The van der Waals surface area contributed by atoms with E-state index in [1.165, 1.54) is 11.1 Å². The van der Waals surface area contributed by atoms with E-state index < -0.39 is 0 Å². The molecule has 0 spiro atoms. The molecule has 0 saturated heterocycles. The highest BCUT2D eigenvalue weighted by Gasteiger charge is 2.15. The van der Waals surface area contributed by atoms with Gasteiger partial charge in [0.1, 0.15) is 5.75 Å². The van der Waals surface area contributed by atoms with Crippen molar-refractivity contribution in [3.63, 3.8) is 0 Å². The van der Waals surface area contributed by atoms with Crippen molar-refractivity contribution in [2.24, 2.45) is 0 Å². The maximum absolute atomic E-state index is 10.1. The van der Waals surface area contributed by atoms with Crippen LogP contribution in [0, 0.1) is 13.8 Å². The third-order valence-corrected chi connectivity index (χ3v) is 4.81. The van der Waals surface area contributed by atoms with Crippen molar-refractivity contribution in [2.75, 3.05) is 13.6 Å². The minimum Gasteiger partial charge on any atom is -0.507 e. The van der Waals surface area contributed by atoms with Crippen molar-refractivity contribution in [1.29, 1.82) is 0 Å². The number of hydrogen-bond acceptors (Lipinski definition) is 5. The first-order valence-electron chi connectivity index (χ1n) is 9.37. The molecule has 5 nitrogen and oxygen atoms in total. The van der Waals surface area contributed by atoms with Gasteiger partial charge in [-0.1, -0.05) is 25.5 Å². The van der Waals surface area contributed by atoms with Gasteiger partial charge in [0.2, 0.25) is 11.8 Å². The molecule has 0 saturated carbocycles. The molecule has 5 heteroatoms. The van der Waals surface area contributed by atoms with Crippen LogP contribution < -0.4 is 0 Å². The van der Waals surface area contributed by atoms with Crippen LogP contribution in [0.15, 0.2) is 34.7 Å². The maximum Gasteiger partial charge on any atom is 0.248 e. The first-order valence-corrected chi connectivity index (χ1v) is 9.37. The second-order valence-corrected chi connectivity index (χ2v) is 7.10. The van der Waals surface area contributed by atoms with Crippen molar-refractivity contribution in [3.05, 3.63) is 52.6 Å². The fraction of sp³-hybridized carbons (Fsp3) is 0.364. The SMILES string of the molecule is CCc1cc(-c2nnc(-c3cc(C)cc(CN(C)CC)c3)o2)cc(C)c1O. The quantitative estimate of drug-likeness (QED) is 0.683. The predicted octanol–water partition coefficient (Wildman–Crippen LogP) is 4.74. The number of aromatic nitrogens is 2. The lowest BCUT2D eigenvalue weighted by molar-refractivity contribution is 0.346. The van der Waals surface area contributed by atoms with Crippen LogP contribution in [0.5, 0.6) is 5.75 Å². The first kappa shape index (κ1) is 19.1. The van der Waals surface area contributed by atoms with E-state index >= 15 is 0 Å². The van der Waals surface area contributed by atoms with Crippen LogP contribution in [0.25, 0.3) is 22.9 Å². The lowest BCUT2D eigenvalue weighted by Crippen LogP contribution is -2.16. The number of nitrogens with zero attached hydrogens (tertiary/aromatic N) is 3. The van der Waals surface area contributed by atoms with Crippen molar-refractivity contribution < 1.29 is 9.52 Å². The molecule has 1 N–H and O–H groups in total. The van der Waals surface area contributed by atoms with E-state index in [9.17, 15) is 5.11 Å². The Morgan fingerprint density at radius 3 is 2.26 bits per heavy atom. The maximum atomic E-state index is 10.1. The number of phenols is 1. The van der Waals surface area contributed by atoms with E-state index in [-0.39, 0.29) is 0 Å². The van der Waals surface area contributed by atoms with Crippen molar-refractivity contribution in [3.8, 4) is 28.7 Å². The molecule has 0 aliphatic heterocycles. The van der Waals surface area contributed by atoms with Gasteiger partial charge in [0.25, 0.3) is 0 Å². The average molecular weight is 365 g/mol. The Balaban J connectivity index is 1.96. The van der Waals surface area contributed by atoms with Gasteiger partial charge >= 0.3 is 0 Å². The monoisotopic (exact) mass is 365 g/mol. The molecule has 3 aromatic rings. The lowest BCUT2D eigenvalue weighted by Gasteiger charge is -2.14. The average Bonchev–Trinajstić information content (AvgIpc) is 3.13. The van der Waals surface area contributed by atoms with E-state index in [4.69, 9.17) is 4.42 Å². The first-order chi connectivity index (χ1) is 12.9. The Hall–Kier alpha value is -2.66. The van der Waals surface area contributed by atoms with E-state index in [2.05, 4.69) is 54.2 Å². The Labute approximate surface area is 160 Å². The summed E-state index contributed by atoms with van der Waals surface area (Å²) in [6, 6.07) is 10.1. The minimum atomic E-state index is 0.337. The normalized spacial score (nSPS) is 11.3. The van der Waals surface area contributed by atoms with Crippen molar-refractivity contribution >= 4 is 0 Å². The van der Waals surface area contributed by atoms with E-state index in [1.54, 1.807) is 0 Å². The molecule has 0 bridgehead atoms. The van der Waals surface area contributed by atoms with Crippen LogP contribution in [0.2, 0.25) is 0 Å². The number of phenolic OH excluding ortho intramolecular Hbond substituents is 1. The molecule has 142 valence electrons. The summed E-state index contributed by atoms with van der Waals surface area (Å²) >= 11 is 0. The van der Waals surface area contributed by atoms with Crippen LogP contribution in [0.3, 0.4) is 0 Å². The van der Waals surface area contributed by atoms with Crippen LogP contribution in [0.4, 0.5) is 0 Å².